The summed E-state index contributed by atoms with van der Waals surface area (Å²) in [7, 11) is 0. The molecule has 6 nitrogen and oxygen atoms in total. The molecule has 2 heterocycles. The molecule has 0 unspecified atom stereocenters. The molecule has 1 saturated heterocycles. The number of likely N-dealkylation sites (tertiary alicyclic amines) is 1. The summed E-state index contributed by atoms with van der Waals surface area (Å²) in [4.78, 5) is 32.1. The Bertz CT molecular complexity index is 837. The van der Waals surface area contributed by atoms with Crippen molar-refractivity contribution in [2.24, 2.45) is 5.92 Å². The smallest absolute Gasteiger partial charge is 0.321 e. The van der Waals surface area contributed by atoms with E-state index < -0.39 is 0 Å². The van der Waals surface area contributed by atoms with Crippen molar-refractivity contribution >= 4 is 34.6 Å². The summed E-state index contributed by atoms with van der Waals surface area (Å²) in [5, 5.41) is 6.87. The number of thiazole rings is 1. The summed E-state index contributed by atoms with van der Waals surface area (Å²) in [5.41, 5.74) is 2.19. The van der Waals surface area contributed by atoms with Crippen molar-refractivity contribution in [1.29, 1.82) is 0 Å². The van der Waals surface area contributed by atoms with Gasteiger partial charge in [-0.15, -0.1) is 11.3 Å². The fraction of sp³-hybridized carbons (Fsp3) is 0.500. The quantitative estimate of drug-likeness (QED) is 0.696. The molecule has 0 spiro atoms. The molecule has 1 aliphatic heterocycles. The van der Waals surface area contributed by atoms with Crippen LogP contribution in [0.5, 0.6) is 0 Å². The Kier molecular flexibility index (Phi) is 7.25. The molecular formula is C22H30N4O2S. The van der Waals surface area contributed by atoms with Gasteiger partial charge in [-0.2, -0.15) is 0 Å². The second kappa shape index (κ2) is 9.87. The van der Waals surface area contributed by atoms with Crippen molar-refractivity contribution in [1.82, 2.24) is 9.88 Å². The third-order valence-electron chi connectivity index (χ3n) is 4.92. The third-order valence-corrected chi connectivity index (χ3v) is 6.10. The molecule has 2 N–H and O–H groups in total. The van der Waals surface area contributed by atoms with Gasteiger partial charge in [0.2, 0.25) is 0 Å². The van der Waals surface area contributed by atoms with Gasteiger partial charge in [0.1, 0.15) is 4.88 Å². The van der Waals surface area contributed by atoms with Crippen molar-refractivity contribution in [2.75, 3.05) is 23.7 Å². The number of benzene rings is 1. The van der Waals surface area contributed by atoms with Crippen molar-refractivity contribution in [3.05, 3.63) is 39.8 Å². The highest BCUT2D eigenvalue weighted by Gasteiger charge is 2.17. The van der Waals surface area contributed by atoms with Crippen LogP contribution < -0.4 is 10.6 Å². The molecule has 0 bridgehead atoms. The third kappa shape index (κ3) is 6.03. The first-order chi connectivity index (χ1) is 13.9. The van der Waals surface area contributed by atoms with Gasteiger partial charge in [0.15, 0.2) is 0 Å². The normalized spacial score (nSPS) is 14.6. The number of aromatic nitrogens is 1. The number of amides is 3. The van der Waals surface area contributed by atoms with Gasteiger partial charge in [0.05, 0.1) is 10.7 Å². The van der Waals surface area contributed by atoms with E-state index in [9.17, 15) is 9.59 Å². The van der Waals surface area contributed by atoms with Crippen LogP contribution >= 0.6 is 11.3 Å². The molecule has 0 atom stereocenters. The first-order valence-electron chi connectivity index (χ1n) is 10.4. The summed E-state index contributed by atoms with van der Waals surface area (Å²) in [6, 6.07) is 7.19. The largest absolute Gasteiger partial charge is 0.325 e. The Morgan fingerprint density at radius 3 is 2.21 bits per heavy atom. The molecular weight excluding hydrogens is 384 g/mol. The number of nitrogens with zero attached hydrogens (tertiary/aromatic N) is 2. The second-order valence-electron chi connectivity index (χ2n) is 7.98. The van der Waals surface area contributed by atoms with Gasteiger partial charge in [0.25, 0.3) is 5.91 Å². The minimum atomic E-state index is -0.142. The van der Waals surface area contributed by atoms with Crippen LogP contribution in [-0.2, 0) is 6.42 Å². The lowest BCUT2D eigenvalue weighted by atomic mass is 10.1. The van der Waals surface area contributed by atoms with Crippen molar-refractivity contribution in [3.8, 4) is 0 Å². The molecule has 29 heavy (non-hydrogen) atoms. The lowest BCUT2D eigenvalue weighted by molar-refractivity contribution is 0.102. The Hall–Kier alpha value is -2.41. The predicted octanol–water partition coefficient (Wildman–Crippen LogP) is 5.31. The summed E-state index contributed by atoms with van der Waals surface area (Å²) >= 11 is 1.46. The van der Waals surface area contributed by atoms with Crippen LogP contribution in [0.25, 0.3) is 0 Å². The van der Waals surface area contributed by atoms with E-state index in [2.05, 4.69) is 29.5 Å². The number of carbonyl (C=O) groups is 2. The molecule has 156 valence electrons. The number of carbonyl (C=O) groups excluding carboxylic acids is 2. The Morgan fingerprint density at radius 2 is 1.62 bits per heavy atom. The maximum absolute atomic E-state index is 12.6. The van der Waals surface area contributed by atoms with E-state index in [1.165, 1.54) is 24.2 Å². The average Bonchev–Trinajstić information content (AvgIpc) is 2.87. The van der Waals surface area contributed by atoms with Crippen LogP contribution in [0.1, 0.15) is 59.9 Å². The van der Waals surface area contributed by atoms with E-state index in [-0.39, 0.29) is 11.9 Å². The zero-order valence-electron chi connectivity index (χ0n) is 17.5. The highest BCUT2D eigenvalue weighted by atomic mass is 32.1. The minimum absolute atomic E-state index is 0.0540. The molecule has 3 rings (SSSR count). The van der Waals surface area contributed by atoms with E-state index in [4.69, 9.17) is 0 Å². The number of urea groups is 1. The maximum Gasteiger partial charge on any atom is 0.321 e. The molecule has 1 fully saturated rings. The van der Waals surface area contributed by atoms with Crippen LogP contribution in [0.15, 0.2) is 24.3 Å². The average molecular weight is 415 g/mol. The minimum Gasteiger partial charge on any atom is -0.325 e. The summed E-state index contributed by atoms with van der Waals surface area (Å²) < 4.78 is 0. The van der Waals surface area contributed by atoms with Crippen LogP contribution in [0.3, 0.4) is 0 Å². The summed E-state index contributed by atoms with van der Waals surface area (Å²) in [6.07, 6.45) is 5.39. The Balaban J connectivity index is 1.58. The van der Waals surface area contributed by atoms with Crippen LogP contribution in [0.4, 0.5) is 16.2 Å². The first-order valence-corrected chi connectivity index (χ1v) is 11.2. The van der Waals surface area contributed by atoms with E-state index in [0.29, 0.717) is 16.5 Å². The molecule has 3 amide bonds. The van der Waals surface area contributed by atoms with Gasteiger partial charge in [0, 0.05) is 30.9 Å². The zero-order chi connectivity index (χ0) is 20.8. The van der Waals surface area contributed by atoms with E-state index in [1.807, 2.05) is 24.0 Å². The first kappa shape index (κ1) is 21.3. The zero-order valence-corrected chi connectivity index (χ0v) is 18.3. The topological polar surface area (TPSA) is 74.3 Å². The van der Waals surface area contributed by atoms with Gasteiger partial charge >= 0.3 is 6.03 Å². The molecule has 0 saturated carbocycles. The van der Waals surface area contributed by atoms with Gasteiger partial charge in [-0.3, -0.25) is 4.79 Å². The Morgan fingerprint density at radius 1 is 1.03 bits per heavy atom. The number of hydrogen-bond acceptors (Lipinski definition) is 4. The SMILES string of the molecule is Cc1nc(CC(C)C)sc1C(=O)Nc1ccc(NC(=O)N2CCCCCC2)cc1. The van der Waals surface area contributed by atoms with Crippen LogP contribution in [0, 0.1) is 12.8 Å². The van der Waals surface area contributed by atoms with Crippen LogP contribution in [-0.4, -0.2) is 34.9 Å². The molecule has 0 radical (unpaired) electrons. The predicted molar refractivity (Wildman–Crippen MR) is 119 cm³/mol. The van der Waals surface area contributed by atoms with Gasteiger partial charge in [-0.05, 0) is 49.9 Å². The van der Waals surface area contributed by atoms with Crippen LogP contribution in [0.2, 0.25) is 0 Å². The molecule has 0 aliphatic carbocycles. The lowest BCUT2D eigenvalue weighted by Crippen LogP contribution is -2.35. The standard InChI is InChI=1S/C22H30N4O2S/c1-15(2)14-19-23-16(3)20(29-19)21(27)24-17-8-10-18(11-9-17)25-22(28)26-12-6-4-5-7-13-26/h8-11,15H,4-7,12-14H2,1-3H3,(H,24,27)(H,25,28). The summed E-state index contributed by atoms with van der Waals surface area (Å²) in [6.45, 7) is 7.78. The number of hydrogen-bond donors (Lipinski definition) is 2. The molecule has 1 aromatic carbocycles. The Labute approximate surface area is 176 Å². The van der Waals surface area contributed by atoms with Gasteiger partial charge in [-0.1, -0.05) is 26.7 Å². The molecule has 7 heteroatoms. The lowest BCUT2D eigenvalue weighted by Gasteiger charge is -2.20. The van der Waals surface area contributed by atoms with E-state index in [1.54, 1.807) is 12.1 Å². The van der Waals surface area contributed by atoms with Crippen molar-refractivity contribution in [3.63, 3.8) is 0 Å². The highest BCUT2D eigenvalue weighted by molar-refractivity contribution is 7.13. The molecule has 1 aromatic heterocycles. The second-order valence-corrected chi connectivity index (χ2v) is 9.07. The monoisotopic (exact) mass is 414 g/mol. The fourth-order valence-corrected chi connectivity index (χ4v) is 4.57. The fourth-order valence-electron chi connectivity index (χ4n) is 3.40. The molecule has 2 aromatic rings. The van der Waals surface area contributed by atoms with E-state index in [0.717, 1.165) is 48.7 Å². The number of aryl methyl sites for hydroxylation is 1. The van der Waals surface area contributed by atoms with Gasteiger partial charge in [-0.25, -0.2) is 9.78 Å². The highest BCUT2D eigenvalue weighted by Crippen LogP contribution is 2.23. The maximum atomic E-state index is 12.6. The number of rotatable bonds is 5. The number of nitrogens with one attached hydrogen (secondary N) is 2. The van der Waals surface area contributed by atoms with Gasteiger partial charge < -0.3 is 15.5 Å². The van der Waals surface area contributed by atoms with Crippen molar-refractivity contribution in [2.45, 2.75) is 52.9 Å². The van der Waals surface area contributed by atoms with Crippen molar-refractivity contribution < 1.29 is 9.59 Å². The van der Waals surface area contributed by atoms with E-state index >= 15 is 0 Å². The molecule has 1 aliphatic rings. The number of anilines is 2. The summed E-state index contributed by atoms with van der Waals surface area (Å²) in [5.74, 6) is 0.366.